The van der Waals surface area contributed by atoms with E-state index >= 15 is 0 Å². The van der Waals surface area contributed by atoms with Gasteiger partial charge in [0.05, 0.1) is 12.1 Å². The fourth-order valence-corrected chi connectivity index (χ4v) is 2.04. The zero-order chi connectivity index (χ0) is 10.4. The number of hydrogen-bond acceptors (Lipinski definition) is 3. The van der Waals surface area contributed by atoms with Crippen molar-refractivity contribution in [3.63, 3.8) is 0 Å². The highest BCUT2D eigenvalue weighted by atomic mass is 15.1. The summed E-state index contributed by atoms with van der Waals surface area (Å²) in [6, 6.07) is 2.38. The van der Waals surface area contributed by atoms with Crippen molar-refractivity contribution in [2.24, 2.45) is 5.92 Å². The van der Waals surface area contributed by atoms with Gasteiger partial charge in [0.2, 0.25) is 0 Å². The van der Waals surface area contributed by atoms with Crippen molar-refractivity contribution < 1.29 is 0 Å². The molecule has 0 aromatic carbocycles. The normalized spacial score (nSPS) is 20.7. The Balaban J connectivity index is 2.35. The van der Waals surface area contributed by atoms with Crippen molar-refractivity contribution in [3.8, 4) is 6.07 Å². The molecule has 0 aliphatic carbocycles. The molecule has 0 amide bonds. The van der Waals surface area contributed by atoms with Gasteiger partial charge in [-0.3, -0.25) is 4.90 Å². The predicted octanol–water partition coefficient (Wildman–Crippen LogP) is 1.22. The molecule has 1 aliphatic rings. The molecule has 1 aliphatic heterocycles. The molecule has 1 saturated heterocycles. The van der Waals surface area contributed by atoms with Crippen LogP contribution in [0.25, 0.3) is 0 Å². The van der Waals surface area contributed by atoms with Crippen LogP contribution in [0.5, 0.6) is 0 Å². The van der Waals surface area contributed by atoms with Gasteiger partial charge >= 0.3 is 0 Å². The summed E-state index contributed by atoms with van der Waals surface area (Å²) in [6.07, 6.45) is 2.52. The van der Waals surface area contributed by atoms with Crippen LogP contribution in [0, 0.1) is 17.2 Å². The lowest BCUT2D eigenvalue weighted by atomic mass is 9.97. The molecule has 1 unspecified atom stereocenters. The van der Waals surface area contributed by atoms with Crippen LogP contribution in [0.2, 0.25) is 0 Å². The quantitative estimate of drug-likeness (QED) is 0.733. The van der Waals surface area contributed by atoms with E-state index in [0.717, 1.165) is 32.1 Å². The van der Waals surface area contributed by atoms with Crippen LogP contribution >= 0.6 is 0 Å². The van der Waals surface area contributed by atoms with Crippen LogP contribution in [0.1, 0.15) is 26.7 Å². The second kappa shape index (κ2) is 6.00. The maximum atomic E-state index is 8.86. The zero-order valence-corrected chi connectivity index (χ0v) is 9.29. The van der Waals surface area contributed by atoms with E-state index in [-0.39, 0.29) is 6.04 Å². The van der Waals surface area contributed by atoms with Gasteiger partial charge in [-0.2, -0.15) is 5.26 Å². The Morgan fingerprint density at radius 1 is 1.50 bits per heavy atom. The molecular formula is C11H21N3. The molecule has 1 fully saturated rings. The zero-order valence-electron chi connectivity index (χ0n) is 9.29. The minimum Gasteiger partial charge on any atom is -0.317 e. The first-order valence-electron chi connectivity index (χ1n) is 5.62. The third-order valence-electron chi connectivity index (χ3n) is 3.09. The van der Waals surface area contributed by atoms with E-state index in [9.17, 15) is 0 Å². The fraction of sp³-hybridized carbons (Fsp3) is 0.909. The number of nitriles is 1. The number of nitrogens with one attached hydrogen (secondary N) is 1. The van der Waals surface area contributed by atoms with Crippen molar-refractivity contribution in [1.29, 1.82) is 5.26 Å². The highest BCUT2D eigenvalue weighted by Gasteiger charge is 2.18. The molecule has 0 saturated carbocycles. The average molecular weight is 195 g/mol. The lowest BCUT2D eigenvalue weighted by molar-refractivity contribution is 0.194. The largest absolute Gasteiger partial charge is 0.317 e. The van der Waals surface area contributed by atoms with Gasteiger partial charge in [-0.05, 0) is 45.3 Å². The maximum absolute atomic E-state index is 8.86. The standard InChI is InChI=1S/C11H21N3/c1-3-14(10(2)8-12)9-11-4-6-13-7-5-11/h10-11,13H,3-7,9H2,1-2H3. The van der Waals surface area contributed by atoms with Crippen molar-refractivity contribution in [1.82, 2.24) is 10.2 Å². The number of rotatable bonds is 4. The Morgan fingerprint density at radius 2 is 2.14 bits per heavy atom. The summed E-state index contributed by atoms with van der Waals surface area (Å²) in [6.45, 7) is 8.48. The molecule has 0 bridgehead atoms. The van der Waals surface area contributed by atoms with Crippen LogP contribution in [-0.4, -0.2) is 37.1 Å². The summed E-state index contributed by atoms with van der Waals surface area (Å²) >= 11 is 0. The molecule has 3 nitrogen and oxygen atoms in total. The van der Waals surface area contributed by atoms with Gasteiger partial charge in [0.1, 0.15) is 0 Å². The lowest BCUT2D eigenvalue weighted by Crippen LogP contribution is -2.39. The molecule has 1 heterocycles. The highest BCUT2D eigenvalue weighted by Crippen LogP contribution is 2.14. The van der Waals surface area contributed by atoms with Crippen molar-refractivity contribution in [3.05, 3.63) is 0 Å². The molecule has 1 atom stereocenters. The van der Waals surface area contributed by atoms with Gasteiger partial charge in [0.25, 0.3) is 0 Å². The predicted molar refractivity (Wildman–Crippen MR) is 57.9 cm³/mol. The first kappa shape index (κ1) is 11.5. The third-order valence-corrected chi connectivity index (χ3v) is 3.09. The SMILES string of the molecule is CCN(CC1CCNCC1)C(C)C#N. The van der Waals surface area contributed by atoms with Gasteiger partial charge in [-0.1, -0.05) is 6.92 Å². The topological polar surface area (TPSA) is 39.1 Å². The molecule has 1 rings (SSSR count). The Morgan fingerprint density at radius 3 is 2.64 bits per heavy atom. The first-order valence-corrected chi connectivity index (χ1v) is 5.62. The molecule has 1 N–H and O–H groups in total. The Bertz CT molecular complexity index is 191. The van der Waals surface area contributed by atoms with Gasteiger partial charge < -0.3 is 5.32 Å². The molecule has 0 radical (unpaired) electrons. The Kier molecular flexibility index (Phi) is 4.92. The second-order valence-corrected chi connectivity index (χ2v) is 4.09. The van der Waals surface area contributed by atoms with Crippen molar-refractivity contribution >= 4 is 0 Å². The van der Waals surface area contributed by atoms with Crippen LogP contribution in [0.15, 0.2) is 0 Å². The molecular weight excluding hydrogens is 174 g/mol. The lowest BCUT2D eigenvalue weighted by Gasteiger charge is -2.30. The molecule has 0 spiro atoms. The van der Waals surface area contributed by atoms with Crippen LogP contribution in [0.4, 0.5) is 0 Å². The van der Waals surface area contributed by atoms with Crippen molar-refractivity contribution in [2.75, 3.05) is 26.2 Å². The number of nitrogens with zero attached hydrogens (tertiary/aromatic N) is 2. The van der Waals surface area contributed by atoms with E-state index in [1.54, 1.807) is 0 Å². The summed E-state index contributed by atoms with van der Waals surface area (Å²) in [5.74, 6) is 0.784. The summed E-state index contributed by atoms with van der Waals surface area (Å²) < 4.78 is 0. The molecule has 14 heavy (non-hydrogen) atoms. The minimum atomic E-state index is 0.0647. The number of piperidine rings is 1. The summed E-state index contributed by atoms with van der Waals surface area (Å²) in [5.41, 5.74) is 0. The molecule has 0 aromatic rings. The van der Waals surface area contributed by atoms with Gasteiger partial charge in [-0.25, -0.2) is 0 Å². The van der Waals surface area contributed by atoms with Crippen LogP contribution in [-0.2, 0) is 0 Å². The molecule has 80 valence electrons. The average Bonchev–Trinajstić information content (AvgIpc) is 2.26. The van der Waals surface area contributed by atoms with E-state index in [0.29, 0.717) is 0 Å². The van der Waals surface area contributed by atoms with Crippen LogP contribution < -0.4 is 5.32 Å². The molecule has 0 aromatic heterocycles. The van der Waals surface area contributed by atoms with Crippen molar-refractivity contribution in [2.45, 2.75) is 32.7 Å². The molecule has 3 heteroatoms. The third kappa shape index (κ3) is 3.28. The van der Waals surface area contributed by atoms with Gasteiger partial charge in [0.15, 0.2) is 0 Å². The number of hydrogen-bond donors (Lipinski definition) is 1. The fourth-order valence-electron chi connectivity index (χ4n) is 2.04. The second-order valence-electron chi connectivity index (χ2n) is 4.09. The summed E-state index contributed by atoms with van der Waals surface area (Å²) in [5, 5.41) is 12.2. The van der Waals surface area contributed by atoms with E-state index in [4.69, 9.17) is 5.26 Å². The summed E-state index contributed by atoms with van der Waals surface area (Å²) in [4.78, 5) is 2.27. The maximum Gasteiger partial charge on any atom is 0.0949 e. The Hall–Kier alpha value is -0.590. The van der Waals surface area contributed by atoms with E-state index in [1.807, 2.05) is 6.92 Å². The van der Waals surface area contributed by atoms with E-state index < -0.39 is 0 Å². The monoisotopic (exact) mass is 195 g/mol. The van der Waals surface area contributed by atoms with Crippen LogP contribution in [0.3, 0.4) is 0 Å². The first-order chi connectivity index (χ1) is 6.77. The smallest absolute Gasteiger partial charge is 0.0949 e. The van der Waals surface area contributed by atoms with Gasteiger partial charge in [0, 0.05) is 6.54 Å². The summed E-state index contributed by atoms with van der Waals surface area (Å²) in [7, 11) is 0. The minimum absolute atomic E-state index is 0.0647. The van der Waals surface area contributed by atoms with E-state index in [2.05, 4.69) is 23.2 Å². The van der Waals surface area contributed by atoms with Gasteiger partial charge in [-0.15, -0.1) is 0 Å². The Labute approximate surface area is 87.1 Å². The van der Waals surface area contributed by atoms with E-state index in [1.165, 1.54) is 12.8 Å². The highest BCUT2D eigenvalue weighted by molar-refractivity contribution is 4.88.